The molecule has 2 aliphatic rings. The molecule has 32 heavy (non-hydrogen) atoms. The molecule has 1 N–H and O–H groups in total. The number of ether oxygens (including phenoxy) is 1. The highest BCUT2D eigenvalue weighted by atomic mass is 16.5. The topological polar surface area (TPSA) is 49.8 Å². The highest BCUT2D eigenvalue weighted by molar-refractivity contribution is 5.56. The van der Waals surface area contributed by atoms with Gasteiger partial charge in [-0.25, -0.2) is 0 Å². The summed E-state index contributed by atoms with van der Waals surface area (Å²) in [4.78, 5) is 13.4. The van der Waals surface area contributed by atoms with Gasteiger partial charge in [0.2, 0.25) is 0 Å². The van der Waals surface area contributed by atoms with Gasteiger partial charge in [-0.15, -0.1) is 0 Å². The van der Waals surface area contributed by atoms with Crippen molar-refractivity contribution < 1.29 is 14.6 Å². The van der Waals surface area contributed by atoms with E-state index in [1.165, 1.54) is 16.8 Å². The van der Waals surface area contributed by atoms with E-state index in [0.29, 0.717) is 0 Å². The van der Waals surface area contributed by atoms with E-state index in [-0.39, 0.29) is 29.8 Å². The second-order valence-electron chi connectivity index (χ2n) is 8.95. The lowest BCUT2D eigenvalue weighted by atomic mass is 9.78. The number of hydrogen-bond acceptors (Lipinski definition) is 4. The summed E-state index contributed by atoms with van der Waals surface area (Å²) in [7, 11) is 0. The largest absolute Gasteiger partial charge is 0.508 e. The molecular weight excluding hydrogens is 398 g/mol. The number of nitrogens with zero attached hydrogens (tertiary/aromatic N) is 1. The standard InChI is InChI=1S/C28H29NO3/c1-19-26-17-24(31)11-12-25(26)27(28(32-19)22-5-3-2-4-6-22)21-7-9-23(10-8-21)29-15-13-20(18-30)14-16-29/h2-12,17-20,27-28,31H,13-16H2,1H3/t19-,27-,28-/m0/s1. The van der Waals surface area contributed by atoms with Crippen molar-refractivity contribution in [2.75, 3.05) is 18.0 Å². The Morgan fingerprint density at radius 2 is 1.62 bits per heavy atom. The van der Waals surface area contributed by atoms with E-state index in [4.69, 9.17) is 4.74 Å². The van der Waals surface area contributed by atoms with Crippen LogP contribution in [0.15, 0.2) is 72.8 Å². The molecule has 0 unspecified atom stereocenters. The van der Waals surface area contributed by atoms with Crippen LogP contribution in [0.5, 0.6) is 5.75 Å². The first kappa shape index (κ1) is 20.8. The van der Waals surface area contributed by atoms with Gasteiger partial charge in [-0.3, -0.25) is 0 Å². The Labute approximate surface area is 189 Å². The van der Waals surface area contributed by atoms with Crippen LogP contribution in [0.4, 0.5) is 5.69 Å². The van der Waals surface area contributed by atoms with Crippen molar-refractivity contribution in [3.05, 3.63) is 95.1 Å². The van der Waals surface area contributed by atoms with Crippen molar-refractivity contribution in [3.8, 4) is 5.75 Å². The fourth-order valence-electron chi connectivity index (χ4n) is 5.19. The molecule has 164 valence electrons. The summed E-state index contributed by atoms with van der Waals surface area (Å²) in [6, 6.07) is 24.8. The Morgan fingerprint density at radius 1 is 0.906 bits per heavy atom. The zero-order chi connectivity index (χ0) is 22.1. The van der Waals surface area contributed by atoms with Crippen LogP contribution in [0.1, 0.15) is 60.1 Å². The molecule has 4 heteroatoms. The maximum absolute atomic E-state index is 11.1. The molecule has 0 radical (unpaired) electrons. The third kappa shape index (κ3) is 3.91. The van der Waals surface area contributed by atoms with E-state index in [1.807, 2.05) is 18.2 Å². The number of rotatable bonds is 4. The summed E-state index contributed by atoms with van der Waals surface area (Å²) in [5.41, 5.74) is 5.80. The molecule has 1 fully saturated rings. The maximum atomic E-state index is 11.1. The number of benzene rings is 3. The molecule has 5 rings (SSSR count). The van der Waals surface area contributed by atoms with Crippen LogP contribution < -0.4 is 4.90 Å². The van der Waals surface area contributed by atoms with Crippen LogP contribution in [-0.4, -0.2) is 24.5 Å². The second-order valence-corrected chi connectivity index (χ2v) is 8.95. The first-order valence-electron chi connectivity index (χ1n) is 11.5. The smallest absolute Gasteiger partial charge is 0.123 e. The third-order valence-electron chi connectivity index (χ3n) is 6.97. The third-order valence-corrected chi connectivity index (χ3v) is 6.97. The van der Waals surface area contributed by atoms with Gasteiger partial charge in [-0.05, 0) is 66.3 Å². The van der Waals surface area contributed by atoms with E-state index in [9.17, 15) is 9.90 Å². The number of carbonyl (C=O) groups is 1. The number of fused-ring (bicyclic) bond motifs is 1. The number of piperidine rings is 1. The molecule has 2 aliphatic heterocycles. The van der Waals surface area contributed by atoms with Crippen LogP contribution in [-0.2, 0) is 9.53 Å². The van der Waals surface area contributed by atoms with Crippen molar-refractivity contribution in [2.24, 2.45) is 5.92 Å². The molecule has 1 saturated heterocycles. The molecule has 3 atom stereocenters. The minimum absolute atomic E-state index is 0.0408. The lowest BCUT2D eigenvalue weighted by Crippen LogP contribution is -2.34. The highest BCUT2D eigenvalue weighted by Gasteiger charge is 2.36. The van der Waals surface area contributed by atoms with Gasteiger partial charge in [0.25, 0.3) is 0 Å². The van der Waals surface area contributed by atoms with Gasteiger partial charge in [-0.2, -0.15) is 0 Å². The minimum Gasteiger partial charge on any atom is -0.508 e. The molecule has 0 amide bonds. The van der Waals surface area contributed by atoms with Crippen LogP contribution in [0.25, 0.3) is 0 Å². The van der Waals surface area contributed by atoms with E-state index in [0.717, 1.165) is 43.3 Å². The van der Waals surface area contributed by atoms with Crippen LogP contribution in [0, 0.1) is 5.92 Å². The number of carbonyl (C=O) groups excluding carboxylic acids is 1. The molecule has 0 aliphatic carbocycles. The van der Waals surface area contributed by atoms with Crippen LogP contribution >= 0.6 is 0 Å². The summed E-state index contributed by atoms with van der Waals surface area (Å²) < 4.78 is 6.54. The minimum atomic E-state index is -0.100. The number of phenols is 1. The van der Waals surface area contributed by atoms with Crippen molar-refractivity contribution in [1.29, 1.82) is 0 Å². The Kier molecular flexibility index (Phi) is 5.71. The van der Waals surface area contributed by atoms with E-state index in [1.54, 1.807) is 6.07 Å². The average molecular weight is 428 g/mol. The van der Waals surface area contributed by atoms with E-state index < -0.39 is 0 Å². The zero-order valence-electron chi connectivity index (χ0n) is 18.4. The normalized spacial score (nSPS) is 23.5. The molecular formula is C28H29NO3. The van der Waals surface area contributed by atoms with Crippen molar-refractivity contribution in [2.45, 2.75) is 37.9 Å². The van der Waals surface area contributed by atoms with Gasteiger partial charge in [-0.1, -0.05) is 48.5 Å². The molecule has 3 aromatic carbocycles. The van der Waals surface area contributed by atoms with Crippen molar-refractivity contribution in [3.63, 3.8) is 0 Å². The summed E-state index contributed by atoms with van der Waals surface area (Å²) in [6.45, 7) is 3.89. The fourth-order valence-corrected chi connectivity index (χ4v) is 5.19. The molecule has 0 aromatic heterocycles. The Bertz CT molecular complexity index is 1070. The van der Waals surface area contributed by atoms with Crippen LogP contribution in [0.3, 0.4) is 0 Å². The predicted octanol–water partition coefficient (Wildman–Crippen LogP) is 5.77. The van der Waals surface area contributed by atoms with Gasteiger partial charge in [0.15, 0.2) is 0 Å². The summed E-state index contributed by atoms with van der Waals surface area (Å²) >= 11 is 0. The highest BCUT2D eigenvalue weighted by Crippen LogP contribution is 2.49. The molecule has 3 aromatic rings. The molecule has 0 bridgehead atoms. The monoisotopic (exact) mass is 427 g/mol. The number of aromatic hydroxyl groups is 1. The Morgan fingerprint density at radius 3 is 2.31 bits per heavy atom. The van der Waals surface area contributed by atoms with Gasteiger partial charge in [0, 0.05) is 30.6 Å². The molecule has 0 saturated carbocycles. The second kappa shape index (κ2) is 8.79. The predicted molar refractivity (Wildman–Crippen MR) is 126 cm³/mol. The summed E-state index contributed by atoms with van der Waals surface area (Å²) in [5.74, 6) is 0.510. The molecule has 0 spiro atoms. The first-order valence-corrected chi connectivity index (χ1v) is 11.5. The maximum Gasteiger partial charge on any atom is 0.123 e. The molecule has 2 heterocycles. The van der Waals surface area contributed by atoms with Crippen LogP contribution in [0.2, 0.25) is 0 Å². The van der Waals surface area contributed by atoms with Crippen molar-refractivity contribution in [1.82, 2.24) is 0 Å². The lowest BCUT2D eigenvalue weighted by molar-refractivity contribution is -0.111. The fraction of sp³-hybridized carbons (Fsp3) is 0.321. The zero-order valence-corrected chi connectivity index (χ0v) is 18.4. The number of aldehydes is 1. The van der Waals surface area contributed by atoms with E-state index in [2.05, 4.69) is 60.4 Å². The lowest BCUT2D eigenvalue weighted by Gasteiger charge is -2.38. The quantitative estimate of drug-likeness (QED) is 0.537. The van der Waals surface area contributed by atoms with Gasteiger partial charge < -0.3 is 19.5 Å². The summed E-state index contributed by atoms with van der Waals surface area (Å²) in [5, 5.41) is 10.1. The van der Waals surface area contributed by atoms with Gasteiger partial charge in [0.1, 0.15) is 12.0 Å². The number of anilines is 1. The Hall–Kier alpha value is -3.11. The first-order chi connectivity index (χ1) is 15.6. The van der Waals surface area contributed by atoms with Crippen molar-refractivity contribution >= 4 is 12.0 Å². The van der Waals surface area contributed by atoms with Gasteiger partial charge >= 0.3 is 0 Å². The number of phenolic OH excluding ortho intramolecular Hbond substituents is 1. The average Bonchev–Trinajstić information content (AvgIpc) is 2.85. The Balaban J connectivity index is 1.50. The van der Waals surface area contributed by atoms with Gasteiger partial charge in [0.05, 0.1) is 12.2 Å². The summed E-state index contributed by atoms with van der Waals surface area (Å²) in [6.07, 6.45) is 2.75. The molecule has 4 nitrogen and oxygen atoms in total. The number of hydrogen-bond donors (Lipinski definition) is 1. The SMILES string of the molecule is C[C@@H]1O[C@@H](c2ccccc2)[C@@H](c2ccc(N3CCC(C=O)CC3)cc2)c2ccc(O)cc21. The van der Waals surface area contributed by atoms with E-state index >= 15 is 0 Å².